The summed E-state index contributed by atoms with van der Waals surface area (Å²) in [5, 5.41) is 14.0. The Bertz CT molecular complexity index is 1440. The number of nitro benzene ring substituents is 1. The zero-order chi connectivity index (χ0) is 26.5. The van der Waals surface area contributed by atoms with Gasteiger partial charge in [0.1, 0.15) is 11.6 Å². The Hall–Kier alpha value is -4.22. The summed E-state index contributed by atoms with van der Waals surface area (Å²) in [5.41, 5.74) is 13.8. The third-order valence-electron chi connectivity index (χ3n) is 6.00. The van der Waals surface area contributed by atoms with Gasteiger partial charge in [-0.15, -0.1) is 0 Å². The van der Waals surface area contributed by atoms with E-state index >= 15 is 0 Å². The summed E-state index contributed by atoms with van der Waals surface area (Å²) in [6.07, 6.45) is 1.35. The predicted octanol–water partition coefficient (Wildman–Crippen LogP) is 3.73. The van der Waals surface area contributed by atoms with Crippen LogP contribution in [0.25, 0.3) is 22.2 Å². The van der Waals surface area contributed by atoms with Gasteiger partial charge in [0, 0.05) is 30.3 Å². The third kappa shape index (κ3) is 5.96. The zero-order valence-corrected chi connectivity index (χ0v) is 19.9. The van der Waals surface area contributed by atoms with Crippen molar-refractivity contribution in [3.05, 3.63) is 93.8 Å². The van der Waals surface area contributed by atoms with Crippen molar-refractivity contribution in [1.29, 1.82) is 0 Å². The predicted molar refractivity (Wildman–Crippen MR) is 136 cm³/mol. The van der Waals surface area contributed by atoms with E-state index in [4.69, 9.17) is 11.5 Å². The molecule has 1 atom stereocenters. The number of hydrogen-bond donors (Lipinski definition) is 3. The number of nitrogens with one attached hydrogen (secondary N) is 1. The van der Waals surface area contributed by atoms with Gasteiger partial charge in [0.25, 0.3) is 11.6 Å². The van der Waals surface area contributed by atoms with E-state index in [-0.39, 0.29) is 42.0 Å². The van der Waals surface area contributed by atoms with Gasteiger partial charge in [-0.1, -0.05) is 18.2 Å². The van der Waals surface area contributed by atoms with Crippen molar-refractivity contribution in [3.63, 3.8) is 0 Å². The molecule has 1 aromatic heterocycles. The Balaban J connectivity index is 1.74. The molecule has 1 heterocycles. The van der Waals surface area contributed by atoms with Crippen molar-refractivity contribution in [3.8, 4) is 11.1 Å². The second kappa shape index (κ2) is 11.2. The highest BCUT2D eigenvalue weighted by Gasteiger charge is 2.21. The van der Waals surface area contributed by atoms with Crippen LogP contribution < -0.4 is 16.8 Å². The van der Waals surface area contributed by atoms with Gasteiger partial charge in [-0.05, 0) is 60.8 Å². The first kappa shape index (κ1) is 25.9. The Kier molecular flexibility index (Phi) is 7.85. The van der Waals surface area contributed by atoms with E-state index < -0.39 is 16.6 Å². The lowest BCUT2D eigenvalue weighted by atomic mass is 10.1. The molecule has 0 radical (unpaired) electrons. The number of benzene rings is 3. The van der Waals surface area contributed by atoms with Crippen LogP contribution in [0.4, 0.5) is 14.5 Å². The van der Waals surface area contributed by atoms with Crippen LogP contribution in [0.1, 0.15) is 29.0 Å². The molecule has 4 rings (SSSR count). The Labute approximate surface area is 211 Å². The highest BCUT2D eigenvalue weighted by molar-refractivity contribution is 5.95. The van der Waals surface area contributed by atoms with E-state index in [9.17, 15) is 23.7 Å². The molecule has 4 aromatic rings. The van der Waals surface area contributed by atoms with Crippen molar-refractivity contribution < 1.29 is 18.5 Å². The fraction of sp³-hybridized carbons (Fsp3) is 0.231. The Morgan fingerprint density at radius 3 is 2.51 bits per heavy atom. The Morgan fingerprint density at radius 2 is 1.81 bits per heavy atom. The second-order valence-electron chi connectivity index (χ2n) is 8.67. The molecular weight excluding hydrogens is 482 g/mol. The number of amides is 1. The molecule has 37 heavy (non-hydrogen) atoms. The molecule has 5 N–H and O–H groups in total. The van der Waals surface area contributed by atoms with Crippen LogP contribution in [-0.2, 0) is 6.54 Å². The van der Waals surface area contributed by atoms with Crippen molar-refractivity contribution in [2.45, 2.75) is 25.4 Å². The normalized spacial score (nSPS) is 12.0. The van der Waals surface area contributed by atoms with E-state index in [1.807, 2.05) is 0 Å². The maximum Gasteiger partial charge on any atom is 0.287 e. The SMILES string of the molecule is NCCCC(N)CNC(=O)c1nc2cc(-c3ccc(F)cc3)ccc2n1Cc1cc([N+](=O)[O-])ccc1F. The first-order chi connectivity index (χ1) is 17.8. The topological polar surface area (TPSA) is 142 Å². The van der Waals surface area contributed by atoms with E-state index in [0.29, 0.717) is 30.4 Å². The smallest absolute Gasteiger partial charge is 0.287 e. The van der Waals surface area contributed by atoms with Gasteiger partial charge in [-0.25, -0.2) is 13.8 Å². The van der Waals surface area contributed by atoms with E-state index in [2.05, 4.69) is 10.3 Å². The van der Waals surface area contributed by atoms with Crippen LogP contribution in [-0.4, -0.2) is 39.5 Å². The summed E-state index contributed by atoms with van der Waals surface area (Å²) < 4.78 is 29.5. The minimum Gasteiger partial charge on any atom is -0.348 e. The number of non-ortho nitro benzene ring substituents is 1. The van der Waals surface area contributed by atoms with Crippen molar-refractivity contribution >= 4 is 22.6 Å². The van der Waals surface area contributed by atoms with E-state index in [0.717, 1.165) is 29.3 Å². The fourth-order valence-corrected chi connectivity index (χ4v) is 4.04. The number of halogens is 2. The van der Waals surface area contributed by atoms with Crippen LogP contribution in [0.15, 0.2) is 60.7 Å². The van der Waals surface area contributed by atoms with Crippen LogP contribution in [0.3, 0.4) is 0 Å². The number of aromatic nitrogens is 2. The quantitative estimate of drug-likeness (QED) is 0.220. The van der Waals surface area contributed by atoms with Crippen molar-refractivity contribution in [2.24, 2.45) is 11.5 Å². The molecule has 0 aliphatic heterocycles. The van der Waals surface area contributed by atoms with Crippen LogP contribution in [0.2, 0.25) is 0 Å². The van der Waals surface area contributed by atoms with Gasteiger partial charge in [0.15, 0.2) is 5.82 Å². The third-order valence-corrected chi connectivity index (χ3v) is 6.00. The number of nitrogens with zero attached hydrogens (tertiary/aromatic N) is 3. The van der Waals surface area contributed by atoms with Gasteiger partial charge in [0.2, 0.25) is 0 Å². The monoisotopic (exact) mass is 508 g/mol. The molecule has 0 aliphatic carbocycles. The lowest BCUT2D eigenvalue weighted by Gasteiger charge is -2.13. The molecule has 0 aliphatic rings. The first-order valence-corrected chi connectivity index (χ1v) is 11.7. The number of carbonyl (C=O) groups excluding carboxylic acids is 1. The molecule has 192 valence electrons. The number of imidazole rings is 1. The highest BCUT2D eigenvalue weighted by atomic mass is 19.1. The number of hydrogen-bond acceptors (Lipinski definition) is 6. The maximum absolute atomic E-state index is 14.6. The summed E-state index contributed by atoms with van der Waals surface area (Å²) in [7, 11) is 0. The number of carbonyl (C=O) groups is 1. The molecule has 1 amide bonds. The average molecular weight is 509 g/mol. The van der Waals surface area contributed by atoms with E-state index in [1.54, 1.807) is 30.3 Å². The van der Waals surface area contributed by atoms with Crippen LogP contribution >= 0.6 is 0 Å². The zero-order valence-electron chi connectivity index (χ0n) is 19.9. The molecule has 1 unspecified atom stereocenters. The molecule has 11 heteroatoms. The second-order valence-corrected chi connectivity index (χ2v) is 8.67. The standard InChI is InChI=1S/C26H26F2N6O3/c27-19-6-3-16(4-7-19)17-5-10-24-23(13-17)32-25(26(35)31-14-20(30)2-1-11-29)33(24)15-18-12-21(34(36)37)8-9-22(18)28/h3-10,12-13,20H,1-2,11,14-15,29-30H2,(H,31,35). The van der Waals surface area contributed by atoms with Gasteiger partial charge >= 0.3 is 0 Å². The molecule has 9 nitrogen and oxygen atoms in total. The molecule has 0 saturated carbocycles. The van der Waals surface area contributed by atoms with Crippen molar-refractivity contribution in [1.82, 2.24) is 14.9 Å². The fourth-order valence-electron chi connectivity index (χ4n) is 4.04. The number of fused-ring (bicyclic) bond motifs is 1. The molecular formula is C26H26F2N6O3. The number of rotatable bonds is 10. The minimum absolute atomic E-state index is 0.00295. The minimum atomic E-state index is -0.648. The largest absolute Gasteiger partial charge is 0.348 e. The Morgan fingerprint density at radius 1 is 1.08 bits per heavy atom. The van der Waals surface area contributed by atoms with Gasteiger partial charge < -0.3 is 21.4 Å². The van der Waals surface area contributed by atoms with Crippen LogP contribution in [0, 0.1) is 21.7 Å². The lowest BCUT2D eigenvalue weighted by Crippen LogP contribution is -2.38. The average Bonchev–Trinajstić information content (AvgIpc) is 3.25. The molecule has 0 bridgehead atoms. The van der Waals surface area contributed by atoms with E-state index in [1.165, 1.54) is 16.7 Å². The summed E-state index contributed by atoms with van der Waals surface area (Å²) in [5.74, 6) is -1.53. The summed E-state index contributed by atoms with van der Waals surface area (Å²) >= 11 is 0. The summed E-state index contributed by atoms with van der Waals surface area (Å²) in [6.45, 7) is 0.512. The molecule has 3 aromatic carbocycles. The molecule has 0 saturated heterocycles. The van der Waals surface area contributed by atoms with Gasteiger partial charge in [0.05, 0.1) is 22.5 Å². The van der Waals surface area contributed by atoms with Gasteiger partial charge in [-0.2, -0.15) is 0 Å². The summed E-state index contributed by atoms with van der Waals surface area (Å²) in [6, 6.07) is 14.1. The maximum atomic E-state index is 14.6. The highest BCUT2D eigenvalue weighted by Crippen LogP contribution is 2.27. The number of nitrogens with two attached hydrogens (primary N) is 2. The first-order valence-electron chi connectivity index (χ1n) is 11.7. The summed E-state index contributed by atoms with van der Waals surface area (Å²) in [4.78, 5) is 28.3. The number of nitro groups is 1. The van der Waals surface area contributed by atoms with Crippen molar-refractivity contribution in [2.75, 3.05) is 13.1 Å². The molecule has 0 spiro atoms. The van der Waals surface area contributed by atoms with Gasteiger partial charge in [-0.3, -0.25) is 14.9 Å². The lowest BCUT2D eigenvalue weighted by molar-refractivity contribution is -0.385. The van der Waals surface area contributed by atoms with Crippen LogP contribution in [0.5, 0.6) is 0 Å². The molecule has 0 fully saturated rings.